The Bertz CT molecular complexity index is 924. The van der Waals surface area contributed by atoms with Crippen LogP contribution in [-0.2, 0) is 5.41 Å². The van der Waals surface area contributed by atoms with Gasteiger partial charge in [-0.3, -0.25) is 4.79 Å². The monoisotopic (exact) mass is 339 g/mol. The van der Waals surface area contributed by atoms with Crippen molar-refractivity contribution in [3.8, 4) is 6.07 Å². The van der Waals surface area contributed by atoms with Crippen LogP contribution >= 0.6 is 11.3 Å². The molecule has 0 fully saturated rings. The van der Waals surface area contributed by atoms with Crippen molar-refractivity contribution in [2.24, 2.45) is 0 Å². The molecule has 3 aromatic rings. The normalized spacial score (nSPS) is 13.0. The highest BCUT2D eigenvalue weighted by Crippen LogP contribution is 2.32. The molecule has 0 radical (unpaired) electrons. The number of ketones is 1. The summed E-state index contributed by atoms with van der Waals surface area (Å²) in [6.45, 7) is 7.92. The van der Waals surface area contributed by atoms with Crippen molar-refractivity contribution in [2.75, 3.05) is 0 Å². The second-order valence-electron chi connectivity index (χ2n) is 6.63. The van der Waals surface area contributed by atoms with Crippen LogP contribution in [0, 0.1) is 18.3 Å². The zero-order valence-electron chi connectivity index (χ0n) is 14.0. The van der Waals surface area contributed by atoms with Gasteiger partial charge in [0.15, 0.2) is 11.5 Å². The van der Waals surface area contributed by atoms with E-state index in [4.69, 9.17) is 4.42 Å². The lowest BCUT2D eigenvalue weighted by Gasteiger charge is -2.13. The number of benzene rings is 1. The molecular weight excluding hydrogens is 322 g/mol. The molecule has 0 aliphatic heterocycles. The van der Waals surface area contributed by atoms with E-state index in [1.807, 2.05) is 39.0 Å². The molecule has 0 aliphatic rings. The Morgan fingerprint density at radius 1 is 1.29 bits per heavy atom. The molecule has 0 amide bonds. The zero-order valence-corrected chi connectivity index (χ0v) is 14.8. The van der Waals surface area contributed by atoms with Crippen LogP contribution in [-0.4, -0.2) is 15.8 Å². The number of Topliss-reactive ketones (excluding diaryl/α,β-unsaturated/α-hetero) is 1. The van der Waals surface area contributed by atoms with E-state index in [0.717, 1.165) is 5.01 Å². The summed E-state index contributed by atoms with van der Waals surface area (Å²) >= 11 is 1.34. The number of carbonyl (C=O) groups excluding carboxylic acids is 1. The highest BCUT2D eigenvalue weighted by Gasteiger charge is 2.31. The number of oxazole rings is 1. The van der Waals surface area contributed by atoms with E-state index in [0.29, 0.717) is 21.7 Å². The predicted octanol–water partition coefficient (Wildman–Crippen LogP) is 4.38. The van der Waals surface area contributed by atoms with Crippen LogP contribution in [0.15, 0.2) is 28.7 Å². The van der Waals surface area contributed by atoms with Gasteiger partial charge in [-0.2, -0.15) is 5.26 Å². The lowest BCUT2D eigenvalue weighted by molar-refractivity contribution is 0.0973. The molecular formula is C18H17N3O2S. The van der Waals surface area contributed by atoms with Crippen LogP contribution in [0.3, 0.4) is 0 Å². The van der Waals surface area contributed by atoms with Crippen molar-refractivity contribution in [3.63, 3.8) is 0 Å². The number of rotatable bonds is 3. The molecule has 3 rings (SSSR count). The molecule has 0 N–H and O–H groups in total. The number of aryl methyl sites for hydroxylation is 1. The average molecular weight is 339 g/mol. The van der Waals surface area contributed by atoms with Crippen LogP contribution in [0.5, 0.6) is 0 Å². The van der Waals surface area contributed by atoms with E-state index in [9.17, 15) is 10.1 Å². The maximum absolute atomic E-state index is 12.9. The number of para-hydroxylation sites is 2. The minimum Gasteiger partial charge on any atom is -0.439 e. The second kappa shape index (κ2) is 5.84. The summed E-state index contributed by atoms with van der Waals surface area (Å²) in [4.78, 5) is 22.1. The summed E-state index contributed by atoms with van der Waals surface area (Å²) in [5.74, 6) is -1.24. The highest BCUT2D eigenvalue weighted by molar-refractivity contribution is 7.14. The van der Waals surface area contributed by atoms with Crippen molar-refractivity contribution in [1.29, 1.82) is 5.26 Å². The average Bonchev–Trinajstić information content (AvgIpc) is 3.10. The van der Waals surface area contributed by atoms with E-state index in [2.05, 4.69) is 9.97 Å². The number of thiazole rings is 1. The molecule has 6 heteroatoms. The van der Waals surface area contributed by atoms with E-state index < -0.39 is 5.92 Å². The summed E-state index contributed by atoms with van der Waals surface area (Å²) in [7, 11) is 0. The topological polar surface area (TPSA) is 79.8 Å². The molecule has 24 heavy (non-hydrogen) atoms. The van der Waals surface area contributed by atoms with Gasteiger partial charge in [-0.1, -0.05) is 32.9 Å². The van der Waals surface area contributed by atoms with E-state index in [1.54, 1.807) is 19.1 Å². The first kappa shape index (κ1) is 16.3. The van der Waals surface area contributed by atoms with Crippen LogP contribution in [0.1, 0.15) is 53.0 Å². The van der Waals surface area contributed by atoms with Crippen molar-refractivity contribution < 1.29 is 9.21 Å². The van der Waals surface area contributed by atoms with Gasteiger partial charge in [0.05, 0.1) is 21.6 Å². The maximum atomic E-state index is 12.9. The summed E-state index contributed by atoms with van der Waals surface area (Å²) in [5.41, 5.74) is 1.70. The fourth-order valence-corrected chi connectivity index (χ4v) is 3.41. The van der Waals surface area contributed by atoms with Gasteiger partial charge in [0.1, 0.15) is 5.52 Å². The largest absolute Gasteiger partial charge is 0.439 e. The number of nitriles is 1. The third-order valence-corrected chi connectivity index (χ3v) is 5.21. The predicted molar refractivity (Wildman–Crippen MR) is 92.2 cm³/mol. The molecule has 1 atom stereocenters. The highest BCUT2D eigenvalue weighted by atomic mass is 32.1. The number of fused-ring (bicyclic) bond motifs is 1. The summed E-state index contributed by atoms with van der Waals surface area (Å²) in [6, 6.07) is 9.24. The number of nitrogens with zero attached hydrogens (tertiary/aromatic N) is 3. The van der Waals surface area contributed by atoms with Crippen LogP contribution in [0.25, 0.3) is 11.1 Å². The fraction of sp³-hybridized carbons (Fsp3) is 0.333. The van der Waals surface area contributed by atoms with Crippen LogP contribution < -0.4 is 0 Å². The van der Waals surface area contributed by atoms with Gasteiger partial charge in [-0.15, -0.1) is 11.3 Å². The van der Waals surface area contributed by atoms with Crippen LogP contribution in [0.4, 0.5) is 0 Å². The Morgan fingerprint density at radius 2 is 2.00 bits per heavy atom. The molecule has 2 heterocycles. The quantitative estimate of drug-likeness (QED) is 0.662. The first-order valence-corrected chi connectivity index (χ1v) is 8.40. The van der Waals surface area contributed by atoms with E-state index >= 15 is 0 Å². The van der Waals surface area contributed by atoms with Crippen molar-refractivity contribution >= 4 is 28.2 Å². The third kappa shape index (κ3) is 2.83. The number of carbonyl (C=O) groups is 1. The molecule has 2 aromatic heterocycles. The smallest absolute Gasteiger partial charge is 0.220 e. The molecule has 5 nitrogen and oxygen atoms in total. The van der Waals surface area contributed by atoms with Gasteiger partial charge in [-0.05, 0) is 19.1 Å². The maximum Gasteiger partial charge on any atom is 0.220 e. The lowest BCUT2D eigenvalue weighted by Crippen LogP contribution is -2.11. The Balaban J connectivity index is 2.01. The minimum atomic E-state index is -1.07. The Morgan fingerprint density at radius 3 is 2.58 bits per heavy atom. The molecule has 122 valence electrons. The number of aromatic nitrogens is 2. The Kier molecular flexibility index (Phi) is 3.98. The van der Waals surface area contributed by atoms with Crippen LogP contribution in [0.2, 0.25) is 0 Å². The van der Waals surface area contributed by atoms with Gasteiger partial charge in [-0.25, -0.2) is 9.97 Å². The number of hydrogen-bond acceptors (Lipinski definition) is 6. The van der Waals surface area contributed by atoms with Crippen molar-refractivity contribution in [2.45, 2.75) is 39.0 Å². The Hall–Kier alpha value is -2.52. The van der Waals surface area contributed by atoms with Crippen molar-refractivity contribution in [1.82, 2.24) is 9.97 Å². The van der Waals surface area contributed by atoms with Gasteiger partial charge < -0.3 is 4.42 Å². The van der Waals surface area contributed by atoms with Gasteiger partial charge in [0, 0.05) is 5.41 Å². The molecule has 0 saturated heterocycles. The second-order valence-corrected chi connectivity index (χ2v) is 7.63. The summed E-state index contributed by atoms with van der Waals surface area (Å²) < 4.78 is 5.61. The standard InChI is InChI=1S/C18H17N3O2S/c1-10-15(24-17(20-10)18(2,3)4)14(22)11(9-19)16-21-12-7-5-6-8-13(12)23-16/h5-8,11H,1-4H3/t11-/m0/s1. The SMILES string of the molecule is Cc1nc(C(C)(C)C)sc1C(=O)[C@H](C#N)c1nc2ccccc2o1. The molecule has 0 spiro atoms. The lowest BCUT2D eigenvalue weighted by atomic mass is 9.98. The molecule has 0 aliphatic carbocycles. The van der Waals surface area contributed by atoms with Crippen molar-refractivity contribution in [3.05, 3.63) is 45.7 Å². The first-order chi connectivity index (χ1) is 11.3. The van der Waals surface area contributed by atoms with Gasteiger partial charge in [0.25, 0.3) is 0 Å². The van der Waals surface area contributed by atoms with Gasteiger partial charge in [0.2, 0.25) is 11.7 Å². The fourth-order valence-electron chi connectivity index (χ4n) is 2.32. The van der Waals surface area contributed by atoms with E-state index in [-0.39, 0.29) is 17.1 Å². The molecule has 0 unspecified atom stereocenters. The summed E-state index contributed by atoms with van der Waals surface area (Å²) in [5, 5.41) is 10.4. The Labute approximate surface area is 144 Å². The summed E-state index contributed by atoms with van der Waals surface area (Å²) in [6.07, 6.45) is 0. The molecule has 0 saturated carbocycles. The first-order valence-electron chi connectivity index (χ1n) is 7.58. The van der Waals surface area contributed by atoms with E-state index in [1.165, 1.54) is 11.3 Å². The minimum absolute atomic E-state index is 0.133. The molecule has 1 aromatic carbocycles. The zero-order chi connectivity index (χ0) is 17.5. The number of hydrogen-bond donors (Lipinski definition) is 0. The van der Waals surface area contributed by atoms with Gasteiger partial charge >= 0.3 is 0 Å². The molecule has 0 bridgehead atoms. The third-order valence-electron chi connectivity index (χ3n) is 3.61.